The molecule has 2 fully saturated rings. The number of methoxy groups -OCH3 is 2. The summed E-state index contributed by atoms with van der Waals surface area (Å²) in [5, 5.41) is 49.3. The Morgan fingerprint density at radius 2 is 1.30 bits per heavy atom. The molecule has 10 atom stereocenters. The molecule has 2 saturated heterocycles. The number of rotatable bonds is 6. The van der Waals surface area contributed by atoms with Crippen LogP contribution in [0.4, 0.5) is 0 Å². The van der Waals surface area contributed by atoms with Gasteiger partial charge in [0.05, 0.1) is 6.10 Å². The summed E-state index contributed by atoms with van der Waals surface area (Å²) >= 11 is 0. The van der Waals surface area contributed by atoms with Gasteiger partial charge in [-0.15, -0.1) is 0 Å². The molecule has 2 rings (SSSR count). The molecule has 2 heterocycles. The van der Waals surface area contributed by atoms with Crippen LogP contribution in [0.1, 0.15) is 6.92 Å². The molecule has 27 heavy (non-hydrogen) atoms. The second-order valence-electron chi connectivity index (χ2n) is 6.39. The molecule has 2 aliphatic rings. The molecule has 5 N–H and O–H groups in total. The van der Waals surface area contributed by atoms with Crippen LogP contribution in [-0.4, -0.2) is 107 Å². The van der Waals surface area contributed by atoms with Crippen molar-refractivity contribution in [2.24, 2.45) is 5.92 Å². The van der Waals surface area contributed by atoms with Gasteiger partial charge in [-0.25, -0.2) is 9.59 Å². The van der Waals surface area contributed by atoms with Crippen LogP contribution in [-0.2, 0) is 33.3 Å². The van der Waals surface area contributed by atoms with Crippen LogP contribution in [0.15, 0.2) is 0 Å². The van der Waals surface area contributed by atoms with Gasteiger partial charge in [0.25, 0.3) is 0 Å². The molecule has 12 heteroatoms. The van der Waals surface area contributed by atoms with Gasteiger partial charge in [-0.1, -0.05) is 6.92 Å². The summed E-state index contributed by atoms with van der Waals surface area (Å²) in [6, 6.07) is 0. The number of aliphatic hydroxyl groups excluding tert-OH is 3. The van der Waals surface area contributed by atoms with Crippen molar-refractivity contribution < 1.29 is 58.8 Å². The maximum atomic E-state index is 11.5. The Kier molecular flexibility index (Phi) is 7.10. The Labute approximate surface area is 154 Å². The van der Waals surface area contributed by atoms with Gasteiger partial charge in [0.2, 0.25) is 0 Å². The molecule has 2 aliphatic heterocycles. The molecule has 0 saturated carbocycles. The fourth-order valence-corrected chi connectivity index (χ4v) is 3.17. The van der Waals surface area contributed by atoms with E-state index in [4.69, 9.17) is 23.7 Å². The van der Waals surface area contributed by atoms with Crippen molar-refractivity contribution >= 4 is 11.9 Å². The third-order valence-electron chi connectivity index (χ3n) is 4.71. The van der Waals surface area contributed by atoms with E-state index < -0.39 is 73.2 Å². The molecule has 0 bridgehead atoms. The normalized spacial score (nSPS) is 45.4. The molecule has 0 aromatic rings. The van der Waals surface area contributed by atoms with Crippen molar-refractivity contribution in [3.63, 3.8) is 0 Å². The van der Waals surface area contributed by atoms with E-state index in [2.05, 4.69) is 0 Å². The van der Waals surface area contributed by atoms with Crippen LogP contribution in [0.5, 0.6) is 0 Å². The summed E-state index contributed by atoms with van der Waals surface area (Å²) in [5.74, 6) is -3.66. The van der Waals surface area contributed by atoms with E-state index in [1.165, 1.54) is 14.0 Å². The molecular weight excluding hydrogens is 372 g/mol. The van der Waals surface area contributed by atoms with Gasteiger partial charge in [0, 0.05) is 20.1 Å². The lowest BCUT2D eigenvalue weighted by Crippen LogP contribution is -2.64. The first-order chi connectivity index (χ1) is 12.6. The van der Waals surface area contributed by atoms with Gasteiger partial charge in [0.1, 0.15) is 24.4 Å². The number of hydrogen-bond donors (Lipinski definition) is 5. The highest BCUT2D eigenvalue weighted by Crippen LogP contribution is 2.32. The molecule has 0 aromatic heterocycles. The number of carboxylic acids is 2. The molecule has 0 aliphatic carbocycles. The van der Waals surface area contributed by atoms with E-state index in [0.717, 1.165) is 7.11 Å². The highest BCUT2D eigenvalue weighted by Gasteiger charge is 2.53. The maximum Gasteiger partial charge on any atom is 0.335 e. The predicted octanol–water partition coefficient (Wildman–Crippen LogP) is -2.63. The molecule has 156 valence electrons. The number of hydrogen-bond acceptors (Lipinski definition) is 10. The minimum Gasteiger partial charge on any atom is -0.479 e. The molecule has 0 radical (unpaired) electrons. The van der Waals surface area contributed by atoms with Gasteiger partial charge < -0.3 is 49.2 Å². The van der Waals surface area contributed by atoms with Gasteiger partial charge in [-0.3, -0.25) is 0 Å². The summed E-state index contributed by atoms with van der Waals surface area (Å²) in [4.78, 5) is 22.8. The highest BCUT2D eigenvalue weighted by molar-refractivity contribution is 5.74. The van der Waals surface area contributed by atoms with Crippen LogP contribution >= 0.6 is 0 Å². The van der Waals surface area contributed by atoms with E-state index in [0.29, 0.717) is 0 Å². The first-order valence-corrected chi connectivity index (χ1v) is 8.15. The zero-order valence-electron chi connectivity index (χ0n) is 14.9. The predicted molar refractivity (Wildman–Crippen MR) is 82.5 cm³/mol. The minimum absolute atomic E-state index is 0.705. The summed E-state index contributed by atoms with van der Waals surface area (Å²) in [6.45, 7) is 1.53. The zero-order chi connectivity index (χ0) is 20.5. The molecule has 0 aromatic carbocycles. The lowest BCUT2D eigenvalue weighted by atomic mass is 9.91. The van der Waals surface area contributed by atoms with Crippen LogP contribution in [0.3, 0.4) is 0 Å². The van der Waals surface area contributed by atoms with E-state index in [-0.39, 0.29) is 0 Å². The lowest BCUT2D eigenvalue weighted by molar-refractivity contribution is -0.343. The molecule has 0 amide bonds. The summed E-state index contributed by atoms with van der Waals surface area (Å²) in [6.07, 6.45) is -13.9. The summed E-state index contributed by atoms with van der Waals surface area (Å²) < 4.78 is 25.6. The number of carboxylic acid groups (broad SMARTS) is 2. The highest BCUT2D eigenvalue weighted by atomic mass is 16.7. The zero-order valence-corrected chi connectivity index (χ0v) is 14.9. The van der Waals surface area contributed by atoms with Crippen molar-refractivity contribution in [3.05, 3.63) is 0 Å². The van der Waals surface area contributed by atoms with E-state index >= 15 is 0 Å². The molecule has 4 unspecified atom stereocenters. The third kappa shape index (κ3) is 4.22. The van der Waals surface area contributed by atoms with Gasteiger partial charge >= 0.3 is 11.9 Å². The fraction of sp³-hybridized carbons (Fsp3) is 0.867. The van der Waals surface area contributed by atoms with Crippen molar-refractivity contribution in [3.8, 4) is 0 Å². The average molecular weight is 396 g/mol. The van der Waals surface area contributed by atoms with Crippen LogP contribution in [0.2, 0.25) is 0 Å². The Bertz CT molecular complexity index is 541. The Balaban J connectivity index is 2.24. The van der Waals surface area contributed by atoms with Crippen molar-refractivity contribution in [2.75, 3.05) is 14.2 Å². The quantitative estimate of drug-likeness (QED) is 0.315. The second kappa shape index (κ2) is 8.75. The summed E-state index contributed by atoms with van der Waals surface area (Å²) in [5.41, 5.74) is 0. The minimum atomic E-state index is -1.76. The molecule has 12 nitrogen and oxygen atoms in total. The van der Waals surface area contributed by atoms with Crippen LogP contribution in [0, 0.1) is 5.92 Å². The fourth-order valence-electron chi connectivity index (χ4n) is 3.17. The van der Waals surface area contributed by atoms with E-state index in [9.17, 15) is 35.1 Å². The van der Waals surface area contributed by atoms with Gasteiger partial charge in [0.15, 0.2) is 24.8 Å². The number of ether oxygens (including phenoxy) is 5. The number of aliphatic hydroxyl groups is 3. The van der Waals surface area contributed by atoms with Crippen molar-refractivity contribution in [2.45, 2.75) is 62.2 Å². The second-order valence-corrected chi connectivity index (χ2v) is 6.39. The van der Waals surface area contributed by atoms with Crippen molar-refractivity contribution in [1.29, 1.82) is 0 Å². The Hall–Kier alpha value is -1.38. The lowest BCUT2D eigenvalue weighted by Gasteiger charge is -2.45. The maximum absolute atomic E-state index is 11.5. The van der Waals surface area contributed by atoms with Crippen LogP contribution in [0.25, 0.3) is 0 Å². The van der Waals surface area contributed by atoms with Crippen molar-refractivity contribution in [1.82, 2.24) is 0 Å². The number of carbonyl (C=O) groups is 2. The topological polar surface area (TPSA) is 181 Å². The monoisotopic (exact) mass is 396 g/mol. The van der Waals surface area contributed by atoms with E-state index in [1.807, 2.05) is 0 Å². The first-order valence-electron chi connectivity index (χ1n) is 8.15. The standard InChI is InChI=1S/C15H24O12/c1-4-5(16)9(11(13(21)22)26-14(4)24-3)25-15-7(18)6(17)8(23-2)10(27-15)12(19)20/h4-11,14-18H,1-3H3,(H,19,20)(H,21,22)/t4?,5-,6-,7?,8+,9+,10?,11?,14-,15-/m1/s1. The van der Waals surface area contributed by atoms with Gasteiger partial charge in [-0.05, 0) is 0 Å². The van der Waals surface area contributed by atoms with Gasteiger partial charge in [-0.2, -0.15) is 0 Å². The smallest absolute Gasteiger partial charge is 0.335 e. The Morgan fingerprint density at radius 1 is 0.778 bits per heavy atom. The Morgan fingerprint density at radius 3 is 1.78 bits per heavy atom. The average Bonchev–Trinajstić information content (AvgIpc) is 2.62. The largest absolute Gasteiger partial charge is 0.479 e. The summed E-state index contributed by atoms with van der Waals surface area (Å²) in [7, 11) is 2.41. The molecule has 0 spiro atoms. The third-order valence-corrected chi connectivity index (χ3v) is 4.71. The number of aliphatic carboxylic acids is 2. The van der Waals surface area contributed by atoms with E-state index in [1.54, 1.807) is 0 Å². The molecular formula is C15H24O12. The SMILES string of the molecule is CO[C@@H]1OC(C(=O)O)[C@@H](O[C@@H]2OC(C(=O)O)[C@@H](OC)[C@H](O)C2O)[C@H](O)C1C. The van der Waals surface area contributed by atoms with Crippen LogP contribution < -0.4 is 0 Å². The first kappa shape index (κ1) is 21.9.